The van der Waals surface area contributed by atoms with Crippen LogP contribution in [0.5, 0.6) is 0 Å². The van der Waals surface area contributed by atoms with E-state index >= 15 is 0 Å². The molecule has 0 aromatic heterocycles. The molecular weight excluding hydrogens is 362 g/mol. The molecule has 0 aliphatic rings. The van der Waals surface area contributed by atoms with E-state index < -0.39 is 0 Å². The van der Waals surface area contributed by atoms with Gasteiger partial charge in [0.25, 0.3) is 0 Å². The maximum atomic E-state index is 6.01. The maximum absolute atomic E-state index is 6.01. The molecule has 0 atom stereocenters. The van der Waals surface area contributed by atoms with Crippen molar-refractivity contribution in [1.82, 2.24) is 4.90 Å². The van der Waals surface area contributed by atoms with Crippen LogP contribution in [0.3, 0.4) is 0 Å². The summed E-state index contributed by atoms with van der Waals surface area (Å²) < 4.78 is 0. The third kappa shape index (κ3) is 22.3. The lowest BCUT2D eigenvalue weighted by molar-refractivity contribution is 0.275. The summed E-state index contributed by atoms with van der Waals surface area (Å²) in [4.78, 5) is 2.60. The number of unbranched alkanes of at least 4 members (excludes halogenated alkanes) is 15. The van der Waals surface area contributed by atoms with Gasteiger partial charge in [-0.05, 0) is 51.6 Å². The molecule has 2 heteroatoms. The number of halogens is 1. The molecule has 0 rings (SSSR count). The van der Waals surface area contributed by atoms with Crippen LogP contribution in [0.15, 0.2) is 12.2 Å². The standard InChI is InChI=1S/C26H52ClN/c1-3-5-7-9-11-13-15-17-19-21-24-28(26-23-27)25-22-20-18-16-14-12-10-8-6-4-2/h11,13H,3-10,12,14-26H2,1-2H3/b13-11-. The lowest BCUT2D eigenvalue weighted by Crippen LogP contribution is -2.28. The SMILES string of the molecule is CCCCC/C=C\CCCCCN(CCCl)CCCCCCCCCCCC. The first-order valence-corrected chi connectivity index (χ1v) is 13.3. The van der Waals surface area contributed by atoms with Crippen molar-refractivity contribution in [3.8, 4) is 0 Å². The Balaban J connectivity index is 3.47. The van der Waals surface area contributed by atoms with Gasteiger partial charge in [0.15, 0.2) is 0 Å². The van der Waals surface area contributed by atoms with Crippen LogP contribution in [0.2, 0.25) is 0 Å². The first-order chi connectivity index (χ1) is 13.8. The molecule has 0 radical (unpaired) electrons. The highest BCUT2D eigenvalue weighted by Crippen LogP contribution is 2.11. The second-order valence-electron chi connectivity index (χ2n) is 8.53. The topological polar surface area (TPSA) is 3.24 Å². The van der Waals surface area contributed by atoms with E-state index in [-0.39, 0.29) is 0 Å². The predicted octanol–water partition coefficient (Wildman–Crippen LogP) is 9.15. The molecule has 0 unspecified atom stereocenters. The zero-order valence-electron chi connectivity index (χ0n) is 19.5. The molecule has 0 aromatic rings. The lowest BCUT2D eigenvalue weighted by Gasteiger charge is -2.21. The fraction of sp³-hybridized carbons (Fsp3) is 0.923. The average molecular weight is 414 g/mol. The normalized spacial score (nSPS) is 11.9. The number of nitrogens with zero attached hydrogens (tertiary/aromatic N) is 1. The van der Waals surface area contributed by atoms with Crippen molar-refractivity contribution < 1.29 is 0 Å². The van der Waals surface area contributed by atoms with E-state index in [0.717, 1.165) is 12.4 Å². The predicted molar refractivity (Wildman–Crippen MR) is 131 cm³/mol. The summed E-state index contributed by atoms with van der Waals surface area (Å²) in [6.07, 6.45) is 29.6. The minimum Gasteiger partial charge on any atom is -0.302 e. The lowest BCUT2D eigenvalue weighted by atomic mass is 10.1. The Morgan fingerprint density at radius 2 is 0.893 bits per heavy atom. The first-order valence-electron chi connectivity index (χ1n) is 12.8. The van der Waals surface area contributed by atoms with Crippen LogP contribution >= 0.6 is 11.6 Å². The summed E-state index contributed by atoms with van der Waals surface area (Å²) in [6, 6.07) is 0. The summed E-state index contributed by atoms with van der Waals surface area (Å²) in [7, 11) is 0. The molecule has 0 amide bonds. The number of hydrogen-bond acceptors (Lipinski definition) is 1. The molecule has 0 N–H and O–H groups in total. The maximum Gasteiger partial charge on any atom is 0.0351 e. The largest absolute Gasteiger partial charge is 0.302 e. The van der Waals surface area contributed by atoms with Gasteiger partial charge in [-0.1, -0.05) is 103 Å². The highest BCUT2D eigenvalue weighted by atomic mass is 35.5. The Kier molecular flexibility index (Phi) is 25.0. The van der Waals surface area contributed by atoms with Crippen molar-refractivity contribution in [3.63, 3.8) is 0 Å². The third-order valence-electron chi connectivity index (χ3n) is 5.71. The van der Waals surface area contributed by atoms with Crippen molar-refractivity contribution >= 4 is 11.6 Å². The quantitative estimate of drug-likeness (QED) is 0.0916. The number of alkyl halides is 1. The van der Waals surface area contributed by atoms with Crippen molar-refractivity contribution in [2.45, 2.75) is 129 Å². The monoisotopic (exact) mass is 413 g/mol. The molecule has 0 fully saturated rings. The Labute approximate surface area is 183 Å². The van der Waals surface area contributed by atoms with Gasteiger partial charge in [-0.25, -0.2) is 0 Å². The summed E-state index contributed by atoms with van der Waals surface area (Å²) in [6.45, 7) is 8.12. The average Bonchev–Trinajstić information content (AvgIpc) is 2.70. The Hall–Kier alpha value is -0.0100. The second kappa shape index (κ2) is 25.0. The number of hydrogen-bond donors (Lipinski definition) is 0. The minimum absolute atomic E-state index is 0.776. The van der Waals surface area contributed by atoms with Crippen LogP contribution in [0, 0.1) is 0 Å². The van der Waals surface area contributed by atoms with Gasteiger partial charge < -0.3 is 4.90 Å². The molecule has 0 aliphatic heterocycles. The summed E-state index contributed by atoms with van der Waals surface area (Å²) >= 11 is 6.01. The van der Waals surface area contributed by atoms with Gasteiger partial charge in [-0.2, -0.15) is 0 Å². The fourth-order valence-corrected chi connectivity index (χ4v) is 4.04. The molecule has 0 bridgehead atoms. The number of rotatable bonds is 23. The van der Waals surface area contributed by atoms with E-state index in [1.165, 1.54) is 129 Å². The van der Waals surface area contributed by atoms with Gasteiger partial charge in [0.2, 0.25) is 0 Å². The van der Waals surface area contributed by atoms with Crippen molar-refractivity contribution in [2.24, 2.45) is 0 Å². The zero-order valence-corrected chi connectivity index (χ0v) is 20.3. The molecule has 0 aromatic carbocycles. The van der Waals surface area contributed by atoms with Gasteiger partial charge >= 0.3 is 0 Å². The van der Waals surface area contributed by atoms with E-state index in [9.17, 15) is 0 Å². The summed E-state index contributed by atoms with van der Waals surface area (Å²) in [5, 5.41) is 0. The molecule has 168 valence electrons. The van der Waals surface area contributed by atoms with Crippen LogP contribution in [0.25, 0.3) is 0 Å². The molecule has 0 saturated heterocycles. The molecule has 1 nitrogen and oxygen atoms in total. The molecule has 0 saturated carbocycles. The Bertz CT molecular complexity index is 303. The van der Waals surface area contributed by atoms with E-state index in [4.69, 9.17) is 11.6 Å². The Morgan fingerprint density at radius 3 is 1.39 bits per heavy atom. The van der Waals surface area contributed by atoms with Crippen LogP contribution in [0.4, 0.5) is 0 Å². The van der Waals surface area contributed by atoms with Crippen LogP contribution in [-0.2, 0) is 0 Å². The van der Waals surface area contributed by atoms with E-state index in [0.29, 0.717) is 0 Å². The second-order valence-corrected chi connectivity index (χ2v) is 8.91. The molecule has 0 heterocycles. The highest BCUT2D eigenvalue weighted by molar-refractivity contribution is 6.18. The smallest absolute Gasteiger partial charge is 0.0351 e. The molecule has 28 heavy (non-hydrogen) atoms. The highest BCUT2D eigenvalue weighted by Gasteiger charge is 2.03. The van der Waals surface area contributed by atoms with E-state index in [1.54, 1.807) is 0 Å². The fourth-order valence-electron chi connectivity index (χ4n) is 3.80. The van der Waals surface area contributed by atoms with E-state index in [2.05, 4.69) is 30.9 Å². The molecular formula is C26H52ClN. The minimum atomic E-state index is 0.776. The van der Waals surface area contributed by atoms with Crippen molar-refractivity contribution in [2.75, 3.05) is 25.5 Å². The molecule has 0 aliphatic carbocycles. The van der Waals surface area contributed by atoms with Crippen molar-refractivity contribution in [1.29, 1.82) is 0 Å². The first kappa shape index (κ1) is 28.0. The van der Waals surface area contributed by atoms with Gasteiger partial charge in [-0.3, -0.25) is 0 Å². The van der Waals surface area contributed by atoms with Crippen LogP contribution < -0.4 is 0 Å². The van der Waals surface area contributed by atoms with Crippen molar-refractivity contribution in [3.05, 3.63) is 12.2 Å². The number of allylic oxidation sites excluding steroid dienone is 2. The van der Waals surface area contributed by atoms with E-state index in [1.807, 2.05) is 0 Å². The van der Waals surface area contributed by atoms with Gasteiger partial charge in [-0.15, -0.1) is 11.6 Å². The van der Waals surface area contributed by atoms with Gasteiger partial charge in [0.05, 0.1) is 0 Å². The zero-order chi connectivity index (χ0) is 20.5. The van der Waals surface area contributed by atoms with Gasteiger partial charge in [0.1, 0.15) is 0 Å². The third-order valence-corrected chi connectivity index (χ3v) is 5.88. The summed E-state index contributed by atoms with van der Waals surface area (Å²) in [5.74, 6) is 0.776. The van der Waals surface area contributed by atoms with Crippen LogP contribution in [0.1, 0.15) is 129 Å². The Morgan fingerprint density at radius 1 is 0.500 bits per heavy atom. The van der Waals surface area contributed by atoms with Crippen LogP contribution in [-0.4, -0.2) is 30.4 Å². The van der Waals surface area contributed by atoms with Gasteiger partial charge in [0, 0.05) is 12.4 Å². The summed E-state index contributed by atoms with van der Waals surface area (Å²) in [5.41, 5.74) is 0. The molecule has 0 spiro atoms.